The van der Waals surface area contributed by atoms with E-state index in [0.29, 0.717) is 10.8 Å². The van der Waals surface area contributed by atoms with Crippen LogP contribution in [0.1, 0.15) is 78.1 Å². The maximum absolute atomic E-state index is 10.0. The van der Waals surface area contributed by atoms with Crippen LogP contribution in [0.4, 0.5) is 0 Å². The first-order chi connectivity index (χ1) is 9.53. The average molecular weight is 276 g/mol. The minimum absolute atomic E-state index is 0.00459. The minimum Gasteiger partial charge on any atom is -0.393 e. The van der Waals surface area contributed by atoms with Crippen molar-refractivity contribution in [3.63, 3.8) is 0 Å². The molecule has 4 aliphatic rings. The predicted octanol–water partition coefficient (Wildman–Crippen LogP) is 4.78. The summed E-state index contributed by atoms with van der Waals surface area (Å²) in [6.45, 7) is 5.19. The van der Waals surface area contributed by atoms with Gasteiger partial charge in [-0.1, -0.05) is 20.3 Å². The van der Waals surface area contributed by atoms with Crippen LogP contribution in [0.3, 0.4) is 0 Å². The van der Waals surface area contributed by atoms with Gasteiger partial charge in [0.1, 0.15) is 0 Å². The molecule has 4 rings (SSSR count). The number of fused-ring (bicyclic) bond motifs is 5. The van der Waals surface area contributed by atoms with Crippen molar-refractivity contribution in [2.45, 2.75) is 84.2 Å². The van der Waals surface area contributed by atoms with Crippen molar-refractivity contribution in [2.24, 2.45) is 34.5 Å². The minimum atomic E-state index is 0.00459. The van der Waals surface area contributed by atoms with Gasteiger partial charge in [0.15, 0.2) is 0 Å². The summed E-state index contributed by atoms with van der Waals surface area (Å²) in [4.78, 5) is 0. The van der Waals surface area contributed by atoms with Crippen molar-refractivity contribution in [2.75, 3.05) is 0 Å². The predicted molar refractivity (Wildman–Crippen MR) is 82.4 cm³/mol. The van der Waals surface area contributed by atoms with Crippen LogP contribution in [-0.2, 0) is 0 Å². The molecule has 7 atom stereocenters. The summed E-state index contributed by atoms with van der Waals surface area (Å²) in [6, 6.07) is 0. The lowest BCUT2D eigenvalue weighted by atomic mass is 9.45. The SMILES string of the molecule is CC12CCCC1C1CCC3CC(O)CCC3(C)C1CC2. The van der Waals surface area contributed by atoms with E-state index in [-0.39, 0.29) is 6.10 Å². The third-order valence-corrected chi connectivity index (χ3v) is 8.42. The highest BCUT2D eigenvalue weighted by atomic mass is 16.3. The largest absolute Gasteiger partial charge is 0.393 e. The van der Waals surface area contributed by atoms with Crippen molar-refractivity contribution < 1.29 is 5.11 Å². The van der Waals surface area contributed by atoms with E-state index in [2.05, 4.69) is 13.8 Å². The van der Waals surface area contributed by atoms with Crippen LogP contribution in [-0.4, -0.2) is 11.2 Å². The summed E-state index contributed by atoms with van der Waals surface area (Å²) < 4.78 is 0. The molecule has 0 amide bonds. The molecule has 0 saturated heterocycles. The van der Waals surface area contributed by atoms with Crippen molar-refractivity contribution >= 4 is 0 Å². The molecule has 1 heteroatoms. The third-order valence-electron chi connectivity index (χ3n) is 8.42. The molecule has 0 heterocycles. The standard InChI is InChI=1S/C19H32O/c1-18-9-3-4-16(18)15-6-5-13-12-14(20)7-11-19(13,2)17(15)8-10-18/h13-17,20H,3-12H2,1-2H3. The first kappa shape index (κ1) is 13.6. The fourth-order valence-corrected chi connectivity index (χ4v) is 7.23. The Bertz CT molecular complexity index is 391. The Labute approximate surface area is 124 Å². The van der Waals surface area contributed by atoms with Gasteiger partial charge in [-0.25, -0.2) is 0 Å². The van der Waals surface area contributed by atoms with Gasteiger partial charge in [-0.15, -0.1) is 0 Å². The fourth-order valence-electron chi connectivity index (χ4n) is 7.23. The molecule has 0 aromatic rings. The summed E-state index contributed by atoms with van der Waals surface area (Å²) in [5, 5.41) is 10.0. The van der Waals surface area contributed by atoms with Gasteiger partial charge < -0.3 is 5.11 Å². The third kappa shape index (κ3) is 1.77. The highest BCUT2D eigenvalue weighted by Gasteiger charge is 2.57. The van der Waals surface area contributed by atoms with Gasteiger partial charge in [0, 0.05) is 0 Å². The van der Waals surface area contributed by atoms with Crippen LogP contribution in [0.5, 0.6) is 0 Å². The number of hydrogen-bond donors (Lipinski definition) is 1. The molecular formula is C19H32O. The summed E-state index contributed by atoms with van der Waals surface area (Å²) in [5.41, 5.74) is 1.25. The van der Waals surface area contributed by atoms with E-state index in [1.165, 1.54) is 51.4 Å². The van der Waals surface area contributed by atoms with Crippen molar-refractivity contribution in [3.05, 3.63) is 0 Å². The molecule has 0 spiro atoms. The van der Waals surface area contributed by atoms with E-state index in [1.807, 2.05) is 0 Å². The van der Waals surface area contributed by atoms with Crippen molar-refractivity contribution in [3.8, 4) is 0 Å². The smallest absolute Gasteiger partial charge is 0.0543 e. The van der Waals surface area contributed by atoms with Crippen LogP contribution in [0.15, 0.2) is 0 Å². The van der Waals surface area contributed by atoms with Gasteiger partial charge in [0.2, 0.25) is 0 Å². The quantitative estimate of drug-likeness (QED) is 0.675. The zero-order valence-corrected chi connectivity index (χ0v) is 13.4. The highest BCUT2D eigenvalue weighted by Crippen LogP contribution is 2.66. The lowest BCUT2D eigenvalue weighted by Gasteiger charge is -2.60. The van der Waals surface area contributed by atoms with Crippen LogP contribution in [0.25, 0.3) is 0 Å². The molecule has 114 valence electrons. The van der Waals surface area contributed by atoms with Crippen molar-refractivity contribution in [1.82, 2.24) is 0 Å². The van der Waals surface area contributed by atoms with Crippen LogP contribution >= 0.6 is 0 Å². The molecule has 0 bridgehead atoms. The van der Waals surface area contributed by atoms with Gasteiger partial charge in [0.05, 0.1) is 6.10 Å². The number of hydrogen-bond acceptors (Lipinski definition) is 1. The Morgan fingerprint density at radius 3 is 2.55 bits per heavy atom. The molecule has 4 saturated carbocycles. The van der Waals surface area contributed by atoms with Crippen LogP contribution < -0.4 is 0 Å². The number of aliphatic hydroxyl groups is 1. The second-order valence-electron chi connectivity index (χ2n) is 9.17. The van der Waals surface area contributed by atoms with E-state index in [9.17, 15) is 5.11 Å². The second-order valence-corrected chi connectivity index (χ2v) is 9.17. The molecule has 0 aliphatic heterocycles. The van der Waals surface area contributed by atoms with Gasteiger partial charge in [-0.3, -0.25) is 0 Å². The molecule has 0 radical (unpaired) electrons. The monoisotopic (exact) mass is 276 g/mol. The zero-order chi connectivity index (χ0) is 14.0. The van der Waals surface area contributed by atoms with E-state index in [4.69, 9.17) is 0 Å². The molecule has 0 aromatic carbocycles. The first-order valence-corrected chi connectivity index (χ1v) is 9.21. The van der Waals surface area contributed by atoms with Gasteiger partial charge in [-0.05, 0) is 92.3 Å². The second kappa shape index (κ2) is 4.48. The van der Waals surface area contributed by atoms with E-state index in [1.54, 1.807) is 0 Å². The molecule has 7 unspecified atom stereocenters. The Hall–Kier alpha value is -0.0400. The summed E-state index contributed by atoms with van der Waals surface area (Å²) in [6.07, 6.45) is 13.8. The normalized spacial score (nSPS) is 58.6. The van der Waals surface area contributed by atoms with Gasteiger partial charge in [0.25, 0.3) is 0 Å². The Morgan fingerprint density at radius 1 is 0.850 bits per heavy atom. The molecule has 1 N–H and O–H groups in total. The molecular weight excluding hydrogens is 244 g/mol. The highest BCUT2D eigenvalue weighted by molar-refractivity contribution is 5.07. The van der Waals surface area contributed by atoms with Gasteiger partial charge >= 0.3 is 0 Å². The maximum atomic E-state index is 10.0. The molecule has 4 fully saturated rings. The summed E-state index contributed by atoms with van der Waals surface area (Å²) in [7, 11) is 0. The number of aliphatic hydroxyl groups excluding tert-OH is 1. The maximum Gasteiger partial charge on any atom is 0.0543 e. The Morgan fingerprint density at radius 2 is 1.70 bits per heavy atom. The Balaban J connectivity index is 1.62. The number of rotatable bonds is 0. The summed E-state index contributed by atoms with van der Waals surface area (Å²) >= 11 is 0. The van der Waals surface area contributed by atoms with Gasteiger partial charge in [-0.2, -0.15) is 0 Å². The molecule has 4 aliphatic carbocycles. The van der Waals surface area contributed by atoms with Crippen LogP contribution in [0.2, 0.25) is 0 Å². The zero-order valence-electron chi connectivity index (χ0n) is 13.4. The fraction of sp³-hybridized carbons (Fsp3) is 1.00. The van der Waals surface area contributed by atoms with Crippen molar-refractivity contribution in [1.29, 1.82) is 0 Å². The van der Waals surface area contributed by atoms with E-state index in [0.717, 1.165) is 36.5 Å². The van der Waals surface area contributed by atoms with E-state index < -0.39 is 0 Å². The average Bonchev–Trinajstić information content (AvgIpc) is 2.81. The van der Waals surface area contributed by atoms with Crippen LogP contribution in [0, 0.1) is 34.5 Å². The van der Waals surface area contributed by atoms with E-state index >= 15 is 0 Å². The molecule has 0 aromatic heterocycles. The lowest BCUT2D eigenvalue weighted by Crippen LogP contribution is -2.53. The molecule has 1 nitrogen and oxygen atoms in total. The molecule has 20 heavy (non-hydrogen) atoms. The lowest BCUT2D eigenvalue weighted by molar-refractivity contribution is -0.120. The Kier molecular flexibility index (Phi) is 3.05. The first-order valence-electron chi connectivity index (χ1n) is 9.21. The topological polar surface area (TPSA) is 20.2 Å². The summed E-state index contributed by atoms with van der Waals surface area (Å²) in [5.74, 6) is 3.85.